The van der Waals surface area contributed by atoms with Crippen LogP contribution in [0.2, 0.25) is 0 Å². The van der Waals surface area contributed by atoms with Crippen molar-refractivity contribution >= 4 is 5.91 Å². The predicted molar refractivity (Wildman–Crippen MR) is 32.2 cm³/mol. The maximum atomic E-state index is 10.3. The summed E-state index contributed by atoms with van der Waals surface area (Å²) in [5, 5.41) is 2.62. The molecule has 1 amide bonds. The molecule has 0 atom stereocenters. The Kier molecular flexibility index (Phi) is 4.32. The molecule has 2 nitrogen and oxygen atoms in total. The monoisotopic (exact) mass is 113 g/mol. The lowest BCUT2D eigenvalue weighted by Crippen LogP contribution is -2.22. The van der Waals surface area contributed by atoms with Crippen LogP contribution in [-0.4, -0.2) is 12.5 Å². The van der Waals surface area contributed by atoms with Crippen molar-refractivity contribution in [2.24, 2.45) is 0 Å². The van der Waals surface area contributed by atoms with Crippen LogP contribution in [0.4, 0.5) is 0 Å². The maximum Gasteiger partial charge on any atom is 0.220 e. The number of rotatable bonds is 3. The van der Waals surface area contributed by atoms with Crippen LogP contribution < -0.4 is 5.32 Å². The Bertz CT molecular complexity index is 70.9. The van der Waals surface area contributed by atoms with Crippen molar-refractivity contribution < 1.29 is 4.79 Å². The molecular weight excluding hydrogens is 102 g/mol. The third-order valence-corrected chi connectivity index (χ3v) is 0.758. The number of carbonyl (C=O) groups is 1. The summed E-state index contributed by atoms with van der Waals surface area (Å²) in [6, 6.07) is 0. The van der Waals surface area contributed by atoms with Crippen LogP contribution in [0.15, 0.2) is 0 Å². The Hall–Kier alpha value is -0.530. The van der Waals surface area contributed by atoms with Gasteiger partial charge in [0.2, 0.25) is 5.91 Å². The van der Waals surface area contributed by atoms with E-state index >= 15 is 0 Å². The maximum absolute atomic E-state index is 10.3. The summed E-state index contributed by atoms with van der Waals surface area (Å²) in [7, 11) is 0. The van der Waals surface area contributed by atoms with E-state index in [1.807, 2.05) is 6.92 Å². The zero-order valence-corrected chi connectivity index (χ0v) is 5.11. The lowest BCUT2D eigenvalue weighted by molar-refractivity contribution is -0.120. The Morgan fingerprint density at radius 1 is 1.75 bits per heavy atom. The number of carbonyl (C=O) groups excluding carboxylic acids is 1. The molecule has 0 aromatic rings. The highest BCUT2D eigenvalue weighted by Gasteiger charge is 1.90. The SMILES string of the molecule is [CH]CC(=O)NCCC. The van der Waals surface area contributed by atoms with E-state index in [0.717, 1.165) is 13.0 Å². The third-order valence-electron chi connectivity index (χ3n) is 0.758. The molecule has 0 aromatic carbocycles. The molecule has 0 aliphatic heterocycles. The smallest absolute Gasteiger partial charge is 0.220 e. The summed E-state index contributed by atoms with van der Waals surface area (Å²) in [4.78, 5) is 10.3. The average Bonchev–Trinajstić information content (AvgIpc) is 1.83. The molecule has 0 rings (SSSR count). The minimum Gasteiger partial charge on any atom is -0.356 e. The lowest BCUT2D eigenvalue weighted by atomic mass is 10.4. The van der Waals surface area contributed by atoms with Crippen molar-refractivity contribution in [3.8, 4) is 0 Å². The molecule has 0 unspecified atom stereocenters. The van der Waals surface area contributed by atoms with Gasteiger partial charge in [0.05, 0.1) is 0 Å². The second kappa shape index (κ2) is 4.62. The van der Waals surface area contributed by atoms with E-state index in [9.17, 15) is 4.79 Å². The van der Waals surface area contributed by atoms with Gasteiger partial charge >= 0.3 is 0 Å². The first-order valence-electron chi connectivity index (χ1n) is 2.78. The van der Waals surface area contributed by atoms with Crippen molar-refractivity contribution in [2.75, 3.05) is 6.54 Å². The molecule has 0 aliphatic carbocycles. The van der Waals surface area contributed by atoms with Crippen LogP contribution >= 0.6 is 0 Å². The predicted octanol–water partition coefficient (Wildman–Crippen LogP) is 0.614. The summed E-state index contributed by atoms with van der Waals surface area (Å²) in [6.07, 6.45) is 1.06. The summed E-state index contributed by atoms with van der Waals surface area (Å²) in [6.45, 7) is 7.73. The summed E-state index contributed by atoms with van der Waals surface area (Å²) >= 11 is 0. The number of hydrogen-bond acceptors (Lipinski definition) is 1. The summed E-state index contributed by atoms with van der Waals surface area (Å²) in [5.41, 5.74) is 0. The van der Waals surface area contributed by atoms with Gasteiger partial charge in [-0.2, -0.15) is 0 Å². The molecule has 0 saturated carbocycles. The second-order valence-electron chi connectivity index (χ2n) is 1.55. The lowest BCUT2D eigenvalue weighted by Gasteiger charge is -1.97. The number of nitrogens with one attached hydrogen (secondary N) is 1. The highest BCUT2D eigenvalue weighted by atomic mass is 16.1. The molecule has 0 aromatic heterocycles. The topological polar surface area (TPSA) is 29.1 Å². The van der Waals surface area contributed by atoms with Crippen LogP contribution in [0, 0.1) is 6.92 Å². The molecule has 0 heterocycles. The Morgan fingerprint density at radius 3 is 2.75 bits per heavy atom. The first kappa shape index (κ1) is 7.47. The van der Waals surface area contributed by atoms with E-state index in [4.69, 9.17) is 6.92 Å². The molecule has 2 radical (unpaired) electrons. The molecule has 46 valence electrons. The zero-order chi connectivity index (χ0) is 6.41. The van der Waals surface area contributed by atoms with Gasteiger partial charge in [0.15, 0.2) is 0 Å². The average molecular weight is 113 g/mol. The van der Waals surface area contributed by atoms with Gasteiger partial charge < -0.3 is 5.32 Å². The van der Waals surface area contributed by atoms with Crippen LogP contribution in [0.5, 0.6) is 0 Å². The number of hydrogen-bond donors (Lipinski definition) is 1. The van der Waals surface area contributed by atoms with Crippen molar-refractivity contribution in [2.45, 2.75) is 19.8 Å². The van der Waals surface area contributed by atoms with Crippen LogP contribution in [0.3, 0.4) is 0 Å². The van der Waals surface area contributed by atoms with Crippen LogP contribution in [0.25, 0.3) is 0 Å². The quantitative estimate of drug-likeness (QED) is 0.571. The van der Waals surface area contributed by atoms with E-state index in [0.29, 0.717) is 0 Å². The van der Waals surface area contributed by atoms with Crippen molar-refractivity contribution in [1.29, 1.82) is 0 Å². The first-order valence-corrected chi connectivity index (χ1v) is 2.78. The van der Waals surface area contributed by atoms with Gasteiger partial charge in [-0.15, -0.1) is 0 Å². The summed E-state index contributed by atoms with van der Waals surface area (Å²) < 4.78 is 0. The Labute approximate surface area is 50.3 Å². The largest absolute Gasteiger partial charge is 0.356 e. The van der Waals surface area contributed by atoms with Gasteiger partial charge in [-0.25, -0.2) is 0 Å². The molecule has 0 bridgehead atoms. The van der Waals surface area contributed by atoms with Crippen molar-refractivity contribution in [3.05, 3.63) is 6.92 Å². The fraction of sp³-hybridized carbons (Fsp3) is 0.667. The van der Waals surface area contributed by atoms with Gasteiger partial charge in [0.1, 0.15) is 0 Å². The van der Waals surface area contributed by atoms with Crippen molar-refractivity contribution in [1.82, 2.24) is 5.32 Å². The molecule has 2 heteroatoms. The molecule has 0 fully saturated rings. The minimum absolute atomic E-state index is 0.0770. The Morgan fingerprint density at radius 2 is 2.38 bits per heavy atom. The molecule has 0 saturated heterocycles. The highest BCUT2D eigenvalue weighted by molar-refractivity contribution is 5.76. The second-order valence-corrected chi connectivity index (χ2v) is 1.55. The van der Waals surface area contributed by atoms with Crippen molar-refractivity contribution in [3.63, 3.8) is 0 Å². The highest BCUT2D eigenvalue weighted by Crippen LogP contribution is 1.74. The van der Waals surface area contributed by atoms with E-state index in [2.05, 4.69) is 5.32 Å². The minimum atomic E-state index is -0.0770. The summed E-state index contributed by atoms with van der Waals surface area (Å²) in [5.74, 6) is -0.0770. The van der Waals surface area contributed by atoms with E-state index < -0.39 is 0 Å². The fourth-order valence-corrected chi connectivity index (χ4v) is 0.337. The fourth-order valence-electron chi connectivity index (χ4n) is 0.337. The van der Waals surface area contributed by atoms with Crippen LogP contribution in [-0.2, 0) is 4.79 Å². The Balaban J connectivity index is 2.99. The molecule has 0 aliphatic rings. The van der Waals surface area contributed by atoms with Gasteiger partial charge in [-0.05, 0) is 13.3 Å². The first-order chi connectivity index (χ1) is 3.81. The van der Waals surface area contributed by atoms with Crippen LogP contribution in [0.1, 0.15) is 19.8 Å². The molecular formula is C6H11NO. The van der Waals surface area contributed by atoms with E-state index in [1.165, 1.54) is 0 Å². The standard InChI is InChI=1S/C6H11NO/c1-3-5-7-6(8)4-2/h2H,3-5H2,1H3,(H,7,8). The number of amides is 1. The molecule has 0 spiro atoms. The van der Waals surface area contributed by atoms with E-state index in [-0.39, 0.29) is 12.3 Å². The van der Waals surface area contributed by atoms with Gasteiger partial charge in [-0.1, -0.05) is 6.92 Å². The van der Waals surface area contributed by atoms with Gasteiger partial charge in [0, 0.05) is 13.0 Å². The molecule has 1 N–H and O–H groups in total. The zero-order valence-electron chi connectivity index (χ0n) is 5.11. The van der Waals surface area contributed by atoms with Gasteiger partial charge in [-0.3, -0.25) is 4.79 Å². The van der Waals surface area contributed by atoms with Gasteiger partial charge in [0.25, 0.3) is 0 Å². The van der Waals surface area contributed by atoms with E-state index in [1.54, 1.807) is 0 Å². The molecule has 8 heavy (non-hydrogen) atoms. The normalized spacial score (nSPS) is 8.75. The third kappa shape index (κ3) is 3.65.